The van der Waals surface area contributed by atoms with Crippen LogP contribution in [0.15, 0.2) is 30.5 Å². The molecule has 1 aromatic carbocycles. The van der Waals surface area contributed by atoms with Gasteiger partial charge in [-0.1, -0.05) is 12.1 Å². The molecular weight excluding hydrogens is 346 g/mol. The van der Waals surface area contributed by atoms with Gasteiger partial charge in [-0.05, 0) is 30.5 Å². The SMILES string of the molecule is COc1cccc(CN2CCC3(CC2)CN(C(=O)c2cn[nH]n2)CCO3)c1. The molecule has 27 heavy (non-hydrogen) atoms. The fourth-order valence-corrected chi connectivity index (χ4v) is 3.94. The first-order valence-corrected chi connectivity index (χ1v) is 9.32. The lowest BCUT2D eigenvalue weighted by Gasteiger charge is -2.47. The number of hydrogen-bond acceptors (Lipinski definition) is 6. The second kappa shape index (κ2) is 7.66. The summed E-state index contributed by atoms with van der Waals surface area (Å²) in [5.74, 6) is 0.809. The van der Waals surface area contributed by atoms with Gasteiger partial charge in [-0.25, -0.2) is 0 Å². The van der Waals surface area contributed by atoms with E-state index in [1.807, 2.05) is 17.0 Å². The van der Waals surface area contributed by atoms with Crippen molar-refractivity contribution in [2.45, 2.75) is 25.0 Å². The lowest BCUT2D eigenvalue weighted by Crippen LogP contribution is -2.58. The molecule has 0 saturated carbocycles. The monoisotopic (exact) mass is 371 g/mol. The average molecular weight is 371 g/mol. The lowest BCUT2D eigenvalue weighted by molar-refractivity contribution is -0.128. The molecule has 2 fully saturated rings. The maximum atomic E-state index is 12.6. The van der Waals surface area contributed by atoms with Crippen molar-refractivity contribution in [2.75, 3.05) is 39.9 Å². The smallest absolute Gasteiger partial charge is 0.276 e. The summed E-state index contributed by atoms with van der Waals surface area (Å²) in [7, 11) is 1.69. The van der Waals surface area contributed by atoms with Crippen LogP contribution >= 0.6 is 0 Å². The molecule has 8 nitrogen and oxygen atoms in total. The standard InChI is InChI=1S/C19H25N5O3/c1-26-16-4-2-3-15(11-16)13-23-7-5-19(6-8-23)14-24(9-10-27-19)18(25)17-12-20-22-21-17/h2-4,11-12H,5-10,13-14H2,1H3,(H,20,21,22). The third-order valence-electron chi connectivity index (χ3n) is 5.48. The van der Waals surface area contributed by atoms with Crippen LogP contribution in [-0.4, -0.2) is 76.6 Å². The van der Waals surface area contributed by atoms with E-state index < -0.39 is 0 Å². The molecule has 2 aliphatic rings. The second-order valence-electron chi connectivity index (χ2n) is 7.24. The highest BCUT2D eigenvalue weighted by Gasteiger charge is 2.41. The Labute approximate surface area is 158 Å². The van der Waals surface area contributed by atoms with Crippen LogP contribution in [0.4, 0.5) is 0 Å². The lowest BCUT2D eigenvalue weighted by atomic mass is 9.89. The first-order valence-electron chi connectivity index (χ1n) is 9.32. The summed E-state index contributed by atoms with van der Waals surface area (Å²) in [6.07, 6.45) is 3.31. The number of H-pyrrole nitrogens is 1. The van der Waals surface area contributed by atoms with Crippen molar-refractivity contribution in [2.24, 2.45) is 0 Å². The van der Waals surface area contributed by atoms with Crippen LogP contribution < -0.4 is 4.74 Å². The average Bonchev–Trinajstić information content (AvgIpc) is 3.24. The molecular formula is C19H25N5O3. The molecule has 2 aromatic rings. The van der Waals surface area contributed by atoms with Crippen molar-refractivity contribution in [3.8, 4) is 5.75 Å². The Bertz CT molecular complexity index is 771. The molecule has 0 unspecified atom stereocenters. The van der Waals surface area contributed by atoms with Gasteiger partial charge >= 0.3 is 0 Å². The normalized spacial score (nSPS) is 20.0. The number of likely N-dealkylation sites (tertiary alicyclic amines) is 1. The van der Waals surface area contributed by atoms with Crippen molar-refractivity contribution < 1.29 is 14.3 Å². The van der Waals surface area contributed by atoms with E-state index >= 15 is 0 Å². The van der Waals surface area contributed by atoms with E-state index in [0.717, 1.165) is 38.2 Å². The molecule has 1 spiro atoms. The van der Waals surface area contributed by atoms with Gasteiger partial charge in [0, 0.05) is 26.2 Å². The van der Waals surface area contributed by atoms with E-state index in [0.29, 0.717) is 25.4 Å². The number of rotatable bonds is 4. The fraction of sp³-hybridized carbons (Fsp3) is 0.526. The predicted octanol–water partition coefficient (Wildman–Crippen LogP) is 1.32. The predicted molar refractivity (Wildman–Crippen MR) is 98.5 cm³/mol. The first-order chi connectivity index (χ1) is 13.2. The molecule has 0 atom stereocenters. The number of morpholine rings is 1. The van der Waals surface area contributed by atoms with Gasteiger partial charge in [-0.2, -0.15) is 15.4 Å². The number of methoxy groups -OCH3 is 1. The van der Waals surface area contributed by atoms with Crippen molar-refractivity contribution in [3.63, 3.8) is 0 Å². The zero-order valence-electron chi connectivity index (χ0n) is 15.6. The molecule has 2 aliphatic heterocycles. The minimum Gasteiger partial charge on any atom is -0.497 e. The van der Waals surface area contributed by atoms with E-state index in [2.05, 4.69) is 32.4 Å². The van der Waals surface area contributed by atoms with E-state index in [9.17, 15) is 4.79 Å². The number of nitrogens with zero attached hydrogens (tertiary/aromatic N) is 4. The number of piperidine rings is 1. The molecule has 3 heterocycles. The number of hydrogen-bond donors (Lipinski definition) is 1. The molecule has 1 amide bonds. The number of benzene rings is 1. The fourth-order valence-electron chi connectivity index (χ4n) is 3.94. The number of nitrogens with one attached hydrogen (secondary N) is 1. The third-order valence-corrected chi connectivity index (χ3v) is 5.48. The van der Waals surface area contributed by atoms with E-state index in [4.69, 9.17) is 9.47 Å². The highest BCUT2D eigenvalue weighted by molar-refractivity contribution is 5.92. The van der Waals surface area contributed by atoms with Crippen LogP contribution in [0, 0.1) is 0 Å². The Hall–Kier alpha value is -2.45. The molecule has 1 N–H and O–H groups in total. The van der Waals surface area contributed by atoms with Crippen LogP contribution in [0.2, 0.25) is 0 Å². The van der Waals surface area contributed by atoms with Crippen LogP contribution in [0.25, 0.3) is 0 Å². The van der Waals surface area contributed by atoms with Gasteiger partial charge < -0.3 is 14.4 Å². The topological polar surface area (TPSA) is 83.6 Å². The quantitative estimate of drug-likeness (QED) is 0.873. The highest BCUT2D eigenvalue weighted by atomic mass is 16.5. The largest absolute Gasteiger partial charge is 0.497 e. The molecule has 1 aromatic heterocycles. The van der Waals surface area contributed by atoms with Gasteiger partial charge in [0.2, 0.25) is 0 Å². The maximum Gasteiger partial charge on any atom is 0.276 e. The number of carbonyl (C=O) groups excluding carboxylic acids is 1. The minimum atomic E-state index is -0.247. The van der Waals surface area contributed by atoms with Crippen LogP contribution in [0.5, 0.6) is 5.75 Å². The Morgan fingerprint density at radius 1 is 1.33 bits per heavy atom. The van der Waals surface area contributed by atoms with Gasteiger partial charge in [0.25, 0.3) is 5.91 Å². The Balaban J connectivity index is 1.35. The van der Waals surface area contributed by atoms with Gasteiger partial charge in [0.15, 0.2) is 5.69 Å². The Morgan fingerprint density at radius 3 is 2.93 bits per heavy atom. The van der Waals surface area contributed by atoms with Crippen LogP contribution in [-0.2, 0) is 11.3 Å². The molecule has 144 valence electrons. The number of carbonyl (C=O) groups is 1. The summed E-state index contributed by atoms with van der Waals surface area (Å²) in [5, 5.41) is 10.1. The van der Waals surface area contributed by atoms with E-state index in [1.165, 1.54) is 11.8 Å². The van der Waals surface area contributed by atoms with Gasteiger partial charge in [0.05, 0.1) is 32.1 Å². The number of ether oxygens (including phenoxy) is 2. The van der Waals surface area contributed by atoms with Crippen molar-refractivity contribution >= 4 is 5.91 Å². The summed E-state index contributed by atoms with van der Waals surface area (Å²) in [4.78, 5) is 16.9. The van der Waals surface area contributed by atoms with Gasteiger partial charge in [-0.15, -0.1) is 0 Å². The summed E-state index contributed by atoms with van der Waals surface area (Å²) in [6, 6.07) is 8.20. The summed E-state index contributed by atoms with van der Waals surface area (Å²) in [5.41, 5.74) is 1.36. The number of amides is 1. The summed E-state index contributed by atoms with van der Waals surface area (Å²) in [6.45, 7) is 4.58. The second-order valence-corrected chi connectivity index (χ2v) is 7.24. The summed E-state index contributed by atoms with van der Waals surface area (Å²) < 4.78 is 11.5. The molecule has 4 rings (SSSR count). The van der Waals surface area contributed by atoms with Crippen molar-refractivity contribution in [1.29, 1.82) is 0 Å². The molecule has 8 heteroatoms. The zero-order chi connectivity index (χ0) is 18.7. The molecule has 0 radical (unpaired) electrons. The Kier molecular flexibility index (Phi) is 5.09. The summed E-state index contributed by atoms with van der Waals surface area (Å²) >= 11 is 0. The number of aromatic nitrogens is 3. The minimum absolute atomic E-state index is 0.0785. The van der Waals surface area contributed by atoms with Crippen LogP contribution in [0.1, 0.15) is 28.9 Å². The Morgan fingerprint density at radius 2 is 2.19 bits per heavy atom. The highest BCUT2D eigenvalue weighted by Crippen LogP contribution is 2.31. The third kappa shape index (κ3) is 3.96. The molecule has 0 aliphatic carbocycles. The van der Waals surface area contributed by atoms with Crippen LogP contribution in [0.3, 0.4) is 0 Å². The van der Waals surface area contributed by atoms with E-state index in [-0.39, 0.29) is 11.5 Å². The number of aromatic amines is 1. The van der Waals surface area contributed by atoms with E-state index in [1.54, 1.807) is 7.11 Å². The first kappa shape index (κ1) is 17.9. The zero-order valence-corrected chi connectivity index (χ0v) is 15.6. The molecule has 2 saturated heterocycles. The van der Waals surface area contributed by atoms with Crippen molar-refractivity contribution in [1.82, 2.24) is 25.2 Å². The molecule has 0 bridgehead atoms. The van der Waals surface area contributed by atoms with Gasteiger partial charge in [0.1, 0.15) is 5.75 Å². The van der Waals surface area contributed by atoms with Gasteiger partial charge in [-0.3, -0.25) is 9.69 Å². The van der Waals surface area contributed by atoms with Crippen molar-refractivity contribution in [3.05, 3.63) is 41.7 Å². The maximum absolute atomic E-state index is 12.6.